The third-order valence-electron chi connectivity index (χ3n) is 1.04. The molecule has 0 aromatic rings. The van der Waals surface area contributed by atoms with Crippen LogP contribution in [0.2, 0.25) is 0 Å². The maximum Gasteiger partial charge on any atom is 0.365 e. The molecular formula is C6H9O3S. The molecule has 0 saturated heterocycles. The van der Waals surface area contributed by atoms with Gasteiger partial charge in [-0.3, -0.25) is 0 Å². The second-order valence-electron chi connectivity index (χ2n) is 2.01. The summed E-state index contributed by atoms with van der Waals surface area (Å²) < 4.78 is 29.8. The summed E-state index contributed by atoms with van der Waals surface area (Å²) in [6, 6.07) is 0. The standard InChI is InChI=1S/C6H9O3S/c1-3-6(2)4-5-10(7,8)9/h6H,3H2,1-2H3. The molecule has 0 rings (SSSR count). The highest BCUT2D eigenvalue weighted by molar-refractivity contribution is 7.90. The minimum Gasteiger partial charge on any atom is -0.183 e. The van der Waals surface area contributed by atoms with E-state index in [1.165, 1.54) is 0 Å². The predicted octanol–water partition coefficient (Wildman–Crippen LogP) is 0.754. The van der Waals surface area contributed by atoms with Crippen LogP contribution in [0.25, 0.3) is 0 Å². The Labute approximate surface area is 61.2 Å². The molecular weight excluding hydrogens is 152 g/mol. The van der Waals surface area contributed by atoms with Crippen LogP contribution in [0.15, 0.2) is 0 Å². The van der Waals surface area contributed by atoms with Crippen LogP contribution in [-0.4, -0.2) is 8.42 Å². The van der Waals surface area contributed by atoms with Crippen LogP contribution in [0.5, 0.6) is 0 Å². The molecule has 0 aliphatic carbocycles. The van der Waals surface area contributed by atoms with Gasteiger partial charge in [-0.05, 0) is 6.42 Å². The van der Waals surface area contributed by atoms with Crippen molar-refractivity contribution in [1.29, 1.82) is 0 Å². The minimum absolute atomic E-state index is 0.0243. The van der Waals surface area contributed by atoms with Gasteiger partial charge < -0.3 is 0 Å². The lowest BCUT2D eigenvalue weighted by Crippen LogP contribution is -1.91. The summed E-state index contributed by atoms with van der Waals surface area (Å²) in [4.78, 5) is 0. The molecule has 0 aliphatic rings. The zero-order valence-electron chi connectivity index (χ0n) is 5.92. The van der Waals surface area contributed by atoms with Gasteiger partial charge in [0.15, 0.2) is 0 Å². The molecule has 0 aromatic heterocycles. The Bertz CT molecular complexity index is 242. The van der Waals surface area contributed by atoms with Crippen LogP contribution < -0.4 is 0 Å². The van der Waals surface area contributed by atoms with Crippen LogP contribution in [-0.2, 0) is 14.7 Å². The first-order valence-electron chi connectivity index (χ1n) is 2.94. The molecule has 4 heteroatoms. The van der Waals surface area contributed by atoms with Crippen molar-refractivity contribution in [3.63, 3.8) is 0 Å². The Balaban J connectivity index is 4.19. The molecule has 0 aliphatic heterocycles. The molecule has 0 N–H and O–H groups in total. The minimum atomic E-state index is -4.34. The monoisotopic (exact) mass is 161 g/mol. The highest BCUT2D eigenvalue weighted by Crippen LogP contribution is 1.96. The predicted molar refractivity (Wildman–Crippen MR) is 36.8 cm³/mol. The summed E-state index contributed by atoms with van der Waals surface area (Å²) >= 11 is 0. The quantitative estimate of drug-likeness (QED) is 0.533. The van der Waals surface area contributed by atoms with Gasteiger partial charge in [0.1, 0.15) is 0 Å². The SMILES string of the molecule is CCC(C)C#CS([O])(=O)=O. The Hall–Kier alpha value is -0.530. The molecule has 3 nitrogen and oxygen atoms in total. The lowest BCUT2D eigenvalue weighted by Gasteiger charge is -1.92. The smallest absolute Gasteiger partial charge is 0.183 e. The molecule has 1 atom stereocenters. The summed E-state index contributed by atoms with van der Waals surface area (Å²) in [5, 5.41) is 1.64. The van der Waals surface area contributed by atoms with Crippen LogP contribution >= 0.6 is 0 Å². The topological polar surface area (TPSA) is 54.0 Å². The van der Waals surface area contributed by atoms with E-state index in [4.69, 9.17) is 0 Å². The van der Waals surface area contributed by atoms with Gasteiger partial charge in [-0.1, -0.05) is 24.3 Å². The zero-order valence-corrected chi connectivity index (χ0v) is 6.73. The lowest BCUT2D eigenvalue weighted by atomic mass is 10.1. The van der Waals surface area contributed by atoms with Gasteiger partial charge in [0, 0.05) is 5.92 Å². The molecule has 1 unspecified atom stereocenters. The van der Waals surface area contributed by atoms with Gasteiger partial charge in [0.05, 0.1) is 5.25 Å². The van der Waals surface area contributed by atoms with Crippen molar-refractivity contribution in [2.24, 2.45) is 5.92 Å². The largest absolute Gasteiger partial charge is 0.365 e. The summed E-state index contributed by atoms with van der Waals surface area (Å²) in [7, 11) is -4.34. The van der Waals surface area contributed by atoms with E-state index in [2.05, 4.69) is 5.92 Å². The van der Waals surface area contributed by atoms with E-state index >= 15 is 0 Å². The molecule has 1 radical (unpaired) electrons. The summed E-state index contributed by atoms with van der Waals surface area (Å²) in [6.45, 7) is 3.63. The van der Waals surface area contributed by atoms with Gasteiger partial charge in [0.25, 0.3) is 0 Å². The third-order valence-corrected chi connectivity index (χ3v) is 1.41. The molecule has 0 fully saturated rings. The molecule has 0 spiro atoms. The lowest BCUT2D eigenvalue weighted by molar-refractivity contribution is 0.426. The maximum absolute atomic E-state index is 9.92. The second kappa shape index (κ2) is 3.59. The van der Waals surface area contributed by atoms with Crippen molar-refractivity contribution >= 4 is 10.1 Å². The molecule has 0 bridgehead atoms. The first-order chi connectivity index (χ1) is 4.45. The Morgan fingerprint density at radius 1 is 1.50 bits per heavy atom. The maximum atomic E-state index is 9.92. The normalized spacial score (nSPS) is 13.5. The van der Waals surface area contributed by atoms with Crippen molar-refractivity contribution in [3.05, 3.63) is 0 Å². The molecule has 0 heterocycles. The van der Waals surface area contributed by atoms with Crippen molar-refractivity contribution in [3.8, 4) is 11.2 Å². The number of hydrogen-bond donors (Lipinski definition) is 0. The van der Waals surface area contributed by atoms with E-state index in [0.717, 1.165) is 6.42 Å². The number of hydrogen-bond acceptors (Lipinski definition) is 2. The Kier molecular flexibility index (Phi) is 3.40. The Morgan fingerprint density at radius 2 is 2.00 bits per heavy atom. The van der Waals surface area contributed by atoms with Crippen LogP contribution in [0.4, 0.5) is 0 Å². The van der Waals surface area contributed by atoms with Crippen molar-refractivity contribution in [2.75, 3.05) is 0 Å². The van der Waals surface area contributed by atoms with E-state index in [0.29, 0.717) is 0 Å². The average molecular weight is 161 g/mol. The van der Waals surface area contributed by atoms with Crippen LogP contribution in [0, 0.1) is 17.1 Å². The van der Waals surface area contributed by atoms with Crippen molar-refractivity contribution < 1.29 is 13.0 Å². The van der Waals surface area contributed by atoms with Gasteiger partial charge in [-0.15, -0.1) is 0 Å². The van der Waals surface area contributed by atoms with Gasteiger partial charge in [-0.2, -0.15) is 8.42 Å². The zero-order chi connectivity index (χ0) is 8.20. The van der Waals surface area contributed by atoms with Crippen molar-refractivity contribution in [1.82, 2.24) is 0 Å². The van der Waals surface area contributed by atoms with Gasteiger partial charge in [0.2, 0.25) is 0 Å². The van der Waals surface area contributed by atoms with E-state index in [-0.39, 0.29) is 5.92 Å². The van der Waals surface area contributed by atoms with E-state index in [1.54, 1.807) is 12.2 Å². The fourth-order valence-corrected chi connectivity index (χ4v) is 0.620. The van der Waals surface area contributed by atoms with Crippen LogP contribution in [0.3, 0.4) is 0 Å². The summed E-state index contributed by atoms with van der Waals surface area (Å²) in [6.07, 6.45) is 0.752. The van der Waals surface area contributed by atoms with Gasteiger partial charge >= 0.3 is 10.1 Å². The highest BCUT2D eigenvalue weighted by atomic mass is 32.2. The number of rotatable bonds is 1. The van der Waals surface area contributed by atoms with E-state index in [9.17, 15) is 13.0 Å². The average Bonchev–Trinajstić information content (AvgIpc) is 1.81. The summed E-state index contributed by atoms with van der Waals surface area (Å²) in [5.41, 5.74) is 0. The Morgan fingerprint density at radius 3 is 2.30 bits per heavy atom. The molecule has 0 aromatic carbocycles. The van der Waals surface area contributed by atoms with Crippen LogP contribution in [0.1, 0.15) is 20.3 Å². The third kappa shape index (κ3) is 5.60. The molecule has 0 amide bonds. The molecule has 10 heavy (non-hydrogen) atoms. The first-order valence-corrected chi connectivity index (χ1v) is 4.34. The summed E-state index contributed by atoms with van der Waals surface area (Å²) in [5.74, 6) is 2.30. The second-order valence-corrected chi connectivity index (χ2v) is 3.12. The van der Waals surface area contributed by atoms with Gasteiger partial charge in [-0.25, -0.2) is 0 Å². The van der Waals surface area contributed by atoms with E-state index < -0.39 is 10.1 Å². The molecule has 0 saturated carbocycles. The first kappa shape index (κ1) is 9.47. The molecule has 57 valence electrons. The highest BCUT2D eigenvalue weighted by Gasteiger charge is 1.98. The van der Waals surface area contributed by atoms with Crippen molar-refractivity contribution in [2.45, 2.75) is 20.3 Å². The fraction of sp³-hybridized carbons (Fsp3) is 0.667. The fourth-order valence-electron chi connectivity index (χ4n) is 0.275. The van der Waals surface area contributed by atoms with E-state index in [1.807, 2.05) is 6.92 Å².